The second-order valence-corrected chi connectivity index (χ2v) is 4.76. The molecule has 1 aromatic heterocycles. The summed E-state index contributed by atoms with van der Waals surface area (Å²) in [5.74, 6) is 1.86. The third-order valence-corrected chi connectivity index (χ3v) is 3.09. The molecule has 94 valence electrons. The summed E-state index contributed by atoms with van der Waals surface area (Å²) in [7, 11) is 0. The predicted molar refractivity (Wildman–Crippen MR) is 69.2 cm³/mol. The highest BCUT2D eigenvalue weighted by molar-refractivity contribution is 5.29. The van der Waals surface area contributed by atoms with Crippen LogP contribution in [0.1, 0.15) is 37.6 Å². The molecule has 0 aromatic carbocycles. The van der Waals surface area contributed by atoms with Gasteiger partial charge in [0.2, 0.25) is 0 Å². The highest BCUT2D eigenvalue weighted by Gasteiger charge is 2.20. The molecule has 0 amide bonds. The Hall–Kier alpha value is -1.09. The number of aromatic nitrogens is 1. The van der Waals surface area contributed by atoms with Crippen molar-refractivity contribution in [3.8, 4) is 5.75 Å². The zero-order valence-electron chi connectivity index (χ0n) is 10.8. The molecule has 0 aliphatic heterocycles. The van der Waals surface area contributed by atoms with Gasteiger partial charge in [-0.05, 0) is 37.9 Å². The van der Waals surface area contributed by atoms with Gasteiger partial charge in [0, 0.05) is 12.2 Å². The summed E-state index contributed by atoms with van der Waals surface area (Å²) in [6.45, 7) is 6.69. The summed E-state index contributed by atoms with van der Waals surface area (Å²) in [5.41, 5.74) is 2.08. The molecule has 1 fully saturated rings. The van der Waals surface area contributed by atoms with E-state index in [1.807, 2.05) is 19.1 Å². The number of ether oxygens (including phenoxy) is 1. The predicted octanol–water partition coefficient (Wildman–Crippen LogP) is 2.68. The Morgan fingerprint density at radius 2 is 2.24 bits per heavy atom. The van der Waals surface area contributed by atoms with E-state index in [0.29, 0.717) is 0 Å². The Bertz CT molecular complexity index is 361. The molecule has 1 aliphatic rings. The molecule has 0 radical (unpaired) electrons. The molecule has 0 unspecified atom stereocenters. The highest BCUT2D eigenvalue weighted by Crippen LogP contribution is 2.32. The van der Waals surface area contributed by atoms with Gasteiger partial charge in [-0.15, -0.1) is 0 Å². The number of nitrogens with one attached hydrogen (secondary N) is 1. The van der Waals surface area contributed by atoms with Crippen molar-refractivity contribution in [1.29, 1.82) is 0 Å². The van der Waals surface area contributed by atoms with Crippen LogP contribution in [0.25, 0.3) is 0 Å². The monoisotopic (exact) mass is 234 g/mol. The zero-order valence-corrected chi connectivity index (χ0v) is 10.8. The minimum Gasteiger partial charge on any atom is -0.492 e. The topological polar surface area (TPSA) is 34.2 Å². The van der Waals surface area contributed by atoms with Gasteiger partial charge < -0.3 is 10.1 Å². The van der Waals surface area contributed by atoms with Crippen LogP contribution in [-0.4, -0.2) is 18.1 Å². The lowest BCUT2D eigenvalue weighted by atomic mass is 10.2. The van der Waals surface area contributed by atoms with Crippen LogP contribution in [-0.2, 0) is 6.54 Å². The van der Waals surface area contributed by atoms with Crippen molar-refractivity contribution in [2.24, 2.45) is 5.92 Å². The van der Waals surface area contributed by atoms with Gasteiger partial charge in [0.1, 0.15) is 5.75 Å². The maximum absolute atomic E-state index is 5.84. The Morgan fingerprint density at radius 3 is 2.94 bits per heavy atom. The summed E-state index contributed by atoms with van der Waals surface area (Å²) >= 11 is 0. The lowest BCUT2D eigenvalue weighted by Gasteiger charge is -2.11. The summed E-state index contributed by atoms with van der Waals surface area (Å²) in [6.07, 6.45) is 3.97. The SMILES string of the molecule is CCNCc1nc(C)ccc1OCCC1CC1. The van der Waals surface area contributed by atoms with Crippen molar-refractivity contribution in [1.82, 2.24) is 10.3 Å². The number of hydrogen-bond acceptors (Lipinski definition) is 3. The van der Waals surface area contributed by atoms with Crippen LogP contribution in [0.3, 0.4) is 0 Å². The smallest absolute Gasteiger partial charge is 0.142 e. The van der Waals surface area contributed by atoms with E-state index in [1.54, 1.807) is 0 Å². The molecular formula is C14H22N2O. The van der Waals surface area contributed by atoms with Crippen molar-refractivity contribution < 1.29 is 4.74 Å². The first-order chi connectivity index (χ1) is 8.29. The second-order valence-electron chi connectivity index (χ2n) is 4.76. The van der Waals surface area contributed by atoms with Crippen LogP contribution in [0.4, 0.5) is 0 Å². The van der Waals surface area contributed by atoms with Gasteiger partial charge in [0.05, 0.1) is 12.3 Å². The van der Waals surface area contributed by atoms with E-state index in [9.17, 15) is 0 Å². The fourth-order valence-electron chi connectivity index (χ4n) is 1.84. The molecule has 1 aliphatic carbocycles. The average Bonchev–Trinajstić information content (AvgIpc) is 3.13. The van der Waals surface area contributed by atoms with Crippen LogP contribution in [0.15, 0.2) is 12.1 Å². The average molecular weight is 234 g/mol. The Balaban J connectivity index is 1.92. The van der Waals surface area contributed by atoms with E-state index in [-0.39, 0.29) is 0 Å². The van der Waals surface area contributed by atoms with E-state index in [4.69, 9.17) is 4.74 Å². The normalized spacial score (nSPS) is 14.9. The van der Waals surface area contributed by atoms with Crippen molar-refractivity contribution in [2.75, 3.05) is 13.2 Å². The first-order valence-electron chi connectivity index (χ1n) is 6.59. The second kappa shape index (κ2) is 6.01. The minimum absolute atomic E-state index is 0.789. The van der Waals surface area contributed by atoms with Crippen molar-refractivity contribution >= 4 is 0 Å². The molecule has 17 heavy (non-hydrogen) atoms. The molecule has 1 heterocycles. The number of pyridine rings is 1. The fraction of sp³-hybridized carbons (Fsp3) is 0.643. The van der Waals surface area contributed by atoms with Gasteiger partial charge in [-0.3, -0.25) is 4.98 Å². The highest BCUT2D eigenvalue weighted by atomic mass is 16.5. The summed E-state index contributed by atoms with van der Waals surface area (Å²) in [6, 6.07) is 4.06. The first-order valence-corrected chi connectivity index (χ1v) is 6.59. The Labute approximate surface area is 104 Å². The molecule has 1 saturated carbocycles. The molecule has 1 N–H and O–H groups in total. The fourth-order valence-corrected chi connectivity index (χ4v) is 1.84. The quantitative estimate of drug-likeness (QED) is 0.787. The van der Waals surface area contributed by atoms with E-state index in [2.05, 4.69) is 17.2 Å². The van der Waals surface area contributed by atoms with Crippen molar-refractivity contribution in [2.45, 2.75) is 39.7 Å². The maximum Gasteiger partial charge on any atom is 0.142 e. The third kappa shape index (κ3) is 4.00. The molecule has 0 spiro atoms. The third-order valence-electron chi connectivity index (χ3n) is 3.09. The standard InChI is InChI=1S/C14H22N2O/c1-3-15-10-13-14(7-4-11(2)16-13)17-9-8-12-5-6-12/h4,7,12,15H,3,5-6,8-10H2,1-2H3. The van der Waals surface area contributed by atoms with Gasteiger partial charge in [-0.2, -0.15) is 0 Å². The van der Waals surface area contributed by atoms with E-state index in [0.717, 1.165) is 42.8 Å². The lowest BCUT2D eigenvalue weighted by molar-refractivity contribution is 0.297. The van der Waals surface area contributed by atoms with E-state index >= 15 is 0 Å². The number of hydrogen-bond donors (Lipinski definition) is 1. The number of aryl methyl sites for hydroxylation is 1. The van der Waals surface area contributed by atoms with Crippen LogP contribution in [0.2, 0.25) is 0 Å². The number of nitrogens with zero attached hydrogens (tertiary/aromatic N) is 1. The molecule has 3 nitrogen and oxygen atoms in total. The van der Waals surface area contributed by atoms with Crippen molar-refractivity contribution in [3.63, 3.8) is 0 Å². The van der Waals surface area contributed by atoms with Crippen LogP contribution in [0.5, 0.6) is 5.75 Å². The van der Waals surface area contributed by atoms with Crippen LogP contribution < -0.4 is 10.1 Å². The summed E-state index contributed by atoms with van der Waals surface area (Å²) in [5, 5.41) is 3.30. The maximum atomic E-state index is 5.84. The van der Waals surface area contributed by atoms with Gasteiger partial charge >= 0.3 is 0 Å². The molecule has 0 saturated heterocycles. The molecule has 2 rings (SSSR count). The molecule has 0 atom stereocenters. The van der Waals surface area contributed by atoms with Gasteiger partial charge in [0.25, 0.3) is 0 Å². The Morgan fingerprint density at radius 1 is 1.41 bits per heavy atom. The first kappa shape index (κ1) is 12.4. The minimum atomic E-state index is 0.789. The Kier molecular flexibility index (Phi) is 4.37. The van der Waals surface area contributed by atoms with E-state index < -0.39 is 0 Å². The summed E-state index contributed by atoms with van der Waals surface area (Å²) < 4.78 is 5.84. The van der Waals surface area contributed by atoms with Gasteiger partial charge in [-0.1, -0.05) is 19.8 Å². The molecule has 3 heteroatoms. The zero-order chi connectivity index (χ0) is 12.1. The largest absolute Gasteiger partial charge is 0.492 e. The van der Waals surface area contributed by atoms with Crippen LogP contribution >= 0.6 is 0 Å². The van der Waals surface area contributed by atoms with Gasteiger partial charge in [0.15, 0.2) is 0 Å². The van der Waals surface area contributed by atoms with Gasteiger partial charge in [-0.25, -0.2) is 0 Å². The number of rotatable bonds is 7. The van der Waals surface area contributed by atoms with E-state index in [1.165, 1.54) is 19.3 Å². The molecule has 0 bridgehead atoms. The summed E-state index contributed by atoms with van der Waals surface area (Å²) in [4.78, 5) is 4.54. The van der Waals surface area contributed by atoms with Crippen molar-refractivity contribution in [3.05, 3.63) is 23.5 Å². The lowest BCUT2D eigenvalue weighted by Crippen LogP contribution is -2.15. The molecular weight excluding hydrogens is 212 g/mol. The molecule has 1 aromatic rings. The van der Waals surface area contributed by atoms with Crippen LogP contribution in [0, 0.1) is 12.8 Å².